The van der Waals surface area contributed by atoms with Crippen LogP contribution >= 0.6 is 24.7 Å². The fourth-order valence-electron chi connectivity index (χ4n) is 8.73. The van der Waals surface area contributed by atoms with Gasteiger partial charge in [0.1, 0.15) is 0 Å². The van der Waals surface area contributed by atoms with E-state index in [2.05, 4.69) is 166 Å². The average Bonchev–Trinajstić information content (AvgIpc) is 3.13. The van der Waals surface area contributed by atoms with Crippen molar-refractivity contribution in [3.63, 3.8) is 0 Å². The second-order valence-electron chi connectivity index (χ2n) is 22.6. The van der Waals surface area contributed by atoms with Gasteiger partial charge < -0.3 is 0 Å². The average molecular weight is 917 g/mol. The van der Waals surface area contributed by atoms with Crippen molar-refractivity contribution in [3.8, 4) is 17.2 Å². The molecule has 0 aromatic heterocycles. The van der Waals surface area contributed by atoms with Crippen LogP contribution in [0.25, 0.3) is 0 Å². The van der Waals surface area contributed by atoms with Gasteiger partial charge >= 0.3 is 383 Å². The van der Waals surface area contributed by atoms with Crippen LogP contribution in [-0.4, -0.2) is 19.8 Å². The van der Waals surface area contributed by atoms with Crippen LogP contribution in [0.15, 0.2) is 77.3 Å². The number of benzene rings is 3. The maximum absolute atomic E-state index is 7.05. The minimum absolute atomic E-state index is 0.00138. The van der Waals surface area contributed by atoms with Crippen LogP contribution < -0.4 is 18.4 Å². The van der Waals surface area contributed by atoms with Gasteiger partial charge in [-0.1, -0.05) is 0 Å². The molecular weight excluding hydrogens is 829 g/mol. The van der Waals surface area contributed by atoms with Crippen molar-refractivity contribution in [3.05, 3.63) is 89.5 Å². The normalized spacial score (nSPS) is 14.7. The zero-order valence-corrected chi connectivity index (χ0v) is 45.0. The standard InChI is InChI=1S/C51H87N2O6P3/c1-19-34-54-60(57-43-28-22-40(23-29-43)49(13,14)37-46(4,5)6)52-62(56-36-21-3,59-45-32-26-42(27-33-45)51(17,18)39-48(10,11)12)53-61(55-35-20-2)58-44-30-24-41(25-31-44)50(15,16)38-47(7,8)9/h22-33,52,61-62H,19-21,34-39H2,1-18H3. The summed E-state index contributed by atoms with van der Waals surface area (Å²) in [6.45, 7) is 42.0. The molecule has 11 heteroatoms. The van der Waals surface area contributed by atoms with Crippen molar-refractivity contribution in [2.24, 2.45) is 20.8 Å². The SMILES string of the molecule is CCCOP(N[PH](N=[PH](OCCC)Oc1ccc(C(C)(C)CC(C)(C)C)cc1)(OCCC)Oc1ccc(C(C)(C)CC(C)(C)C)cc1)Oc1ccc(C(C)(C)CC(C)(C)C)cc1. The van der Waals surface area contributed by atoms with Gasteiger partial charge in [-0.3, -0.25) is 0 Å². The van der Waals surface area contributed by atoms with Crippen molar-refractivity contribution < 1.29 is 27.1 Å². The van der Waals surface area contributed by atoms with Gasteiger partial charge in [0.15, 0.2) is 0 Å². The second-order valence-corrected chi connectivity index (χ2v) is 28.0. The Morgan fingerprint density at radius 3 is 1.29 bits per heavy atom. The molecule has 0 radical (unpaired) electrons. The fraction of sp³-hybridized carbons (Fsp3) is 0.647. The van der Waals surface area contributed by atoms with Gasteiger partial charge in [0, 0.05) is 0 Å². The predicted octanol–water partition coefficient (Wildman–Crippen LogP) is 17.1. The van der Waals surface area contributed by atoms with E-state index in [1.807, 2.05) is 36.4 Å². The molecular formula is C51H87N2O6P3. The third-order valence-electron chi connectivity index (χ3n) is 10.3. The van der Waals surface area contributed by atoms with Crippen LogP contribution in [0.2, 0.25) is 0 Å². The summed E-state index contributed by atoms with van der Waals surface area (Å²) < 4.78 is 45.6. The van der Waals surface area contributed by atoms with Crippen LogP contribution in [0.5, 0.6) is 17.2 Å². The first-order valence-corrected chi connectivity index (χ1v) is 27.2. The van der Waals surface area contributed by atoms with Crippen LogP contribution in [0.1, 0.15) is 180 Å². The van der Waals surface area contributed by atoms with E-state index in [0.29, 0.717) is 37.1 Å². The summed E-state index contributed by atoms with van der Waals surface area (Å²) in [5.74, 6) is 2.02. The van der Waals surface area contributed by atoms with Crippen LogP contribution in [0.4, 0.5) is 0 Å². The Hall–Kier alpha value is -2.01. The number of nitrogens with one attached hydrogen (secondary N) is 1. The Morgan fingerprint density at radius 1 is 0.516 bits per heavy atom. The van der Waals surface area contributed by atoms with E-state index < -0.39 is 24.7 Å². The molecule has 0 saturated carbocycles. The molecule has 0 aliphatic rings. The van der Waals surface area contributed by atoms with E-state index >= 15 is 0 Å². The summed E-state index contributed by atoms with van der Waals surface area (Å²) in [6, 6.07) is 25.2. The number of hydrogen-bond donors (Lipinski definition) is 1. The Kier molecular flexibility index (Phi) is 20.1. The molecule has 352 valence electrons. The Balaban J connectivity index is 2.16. The molecule has 3 aromatic rings. The van der Waals surface area contributed by atoms with Crippen LogP contribution in [0.3, 0.4) is 0 Å². The van der Waals surface area contributed by atoms with Gasteiger partial charge in [-0.25, -0.2) is 0 Å². The first-order chi connectivity index (χ1) is 28.6. The number of rotatable bonds is 24. The molecule has 62 heavy (non-hydrogen) atoms. The van der Waals surface area contributed by atoms with Gasteiger partial charge in [-0.15, -0.1) is 0 Å². The fourth-order valence-corrected chi connectivity index (χ4v) is 15.5. The molecule has 0 fully saturated rings. The van der Waals surface area contributed by atoms with E-state index in [9.17, 15) is 0 Å². The van der Waals surface area contributed by atoms with Gasteiger partial charge in [-0.2, -0.15) is 0 Å². The molecule has 0 aliphatic heterocycles. The van der Waals surface area contributed by atoms with Crippen molar-refractivity contribution in [1.29, 1.82) is 0 Å². The van der Waals surface area contributed by atoms with Gasteiger partial charge in [-0.05, 0) is 0 Å². The molecule has 0 heterocycles. The molecule has 0 saturated heterocycles. The van der Waals surface area contributed by atoms with Crippen molar-refractivity contribution in [1.82, 2.24) is 4.86 Å². The van der Waals surface area contributed by atoms with Crippen LogP contribution in [0, 0.1) is 16.2 Å². The second kappa shape index (κ2) is 22.9. The summed E-state index contributed by atoms with van der Waals surface area (Å²) in [7, 11) is -8.07. The van der Waals surface area contributed by atoms with Gasteiger partial charge in [0.05, 0.1) is 0 Å². The summed E-state index contributed by atoms with van der Waals surface area (Å²) in [6.07, 6.45) is 5.49. The molecule has 1 N–H and O–H groups in total. The zero-order chi connectivity index (χ0) is 46.6. The van der Waals surface area contributed by atoms with E-state index in [0.717, 1.165) is 38.5 Å². The molecule has 2 atom stereocenters. The predicted molar refractivity (Wildman–Crippen MR) is 270 cm³/mol. The van der Waals surface area contributed by atoms with E-state index in [1.54, 1.807) is 0 Å². The quantitative estimate of drug-likeness (QED) is 0.0897. The third kappa shape index (κ3) is 18.8. The van der Waals surface area contributed by atoms with Crippen molar-refractivity contribution >= 4 is 24.7 Å². The third-order valence-corrected chi connectivity index (χ3v) is 16.8. The number of hydrogen-bond acceptors (Lipinski definition) is 8. The van der Waals surface area contributed by atoms with E-state index in [-0.39, 0.29) is 32.5 Å². The summed E-state index contributed by atoms with van der Waals surface area (Å²) >= 11 is 0. The van der Waals surface area contributed by atoms with E-state index in [4.69, 9.17) is 31.7 Å². The molecule has 0 amide bonds. The monoisotopic (exact) mass is 917 g/mol. The van der Waals surface area contributed by atoms with Gasteiger partial charge in [0.25, 0.3) is 0 Å². The molecule has 3 rings (SSSR count). The first-order valence-electron chi connectivity index (χ1n) is 23.0. The number of nitrogens with zero attached hydrogens (tertiary/aromatic N) is 1. The van der Waals surface area contributed by atoms with Crippen LogP contribution in [-0.2, 0) is 29.8 Å². The Morgan fingerprint density at radius 2 is 0.903 bits per heavy atom. The zero-order valence-electron chi connectivity index (χ0n) is 42.1. The molecule has 8 nitrogen and oxygen atoms in total. The molecule has 0 spiro atoms. The first kappa shape index (κ1) is 54.3. The molecule has 0 aliphatic carbocycles. The molecule has 3 aromatic carbocycles. The Labute approximate surface area is 381 Å². The maximum atomic E-state index is 7.05. The topological polar surface area (TPSA) is 79.8 Å². The molecule has 0 bridgehead atoms. The van der Waals surface area contributed by atoms with Gasteiger partial charge in [0.2, 0.25) is 0 Å². The molecule has 2 unspecified atom stereocenters. The van der Waals surface area contributed by atoms with Crippen molar-refractivity contribution in [2.75, 3.05) is 19.8 Å². The summed E-state index contributed by atoms with van der Waals surface area (Å²) in [5.41, 5.74) is 4.29. The summed E-state index contributed by atoms with van der Waals surface area (Å²) in [4.78, 5) is 3.64. The minimum atomic E-state index is -3.88. The summed E-state index contributed by atoms with van der Waals surface area (Å²) in [5, 5.41) is 0. The Bertz CT molecular complexity index is 1810. The van der Waals surface area contributed by atoms with E-state index in [1.165, 1.54) is 16.7 Å². The van der Waals surface area contributed by atoms with Crippen molar-refractivity contribution in [2.45, 2.75) is 179 Å².